The van der Waals surface area contributed by atoms with Crippen molar-refractivity contribution < 1.29 is 18.7 Å². The van der Waals surface area contributed by atoms with E-state index in [-0.39, 0.29) is 11.3 Å². The monoisotopic (exact) mass is 343 g/mol. The Kier molecular flexibility index (Phi) is 5.79. The highest BCUT2D eigenvalue weighted by Gasteiger charge is 2.27. The van der Waals surface area contributed by atoms with Crippen LogP contribution in [0, 0.1) is 5.82 Å². The Morgan fingerprint density at radius 3 is 2.60 bits per heavy atom. The molecule has 3 rings (SSSR count). The summed E-state index contributed by atoms with van der Waals surface area (Å²) in [5, 5.41) is 0. The number of methoxy groups -OCH3 is 1. The number of morpholine rings is 1. The van der Waals surface area contributed by atoms with Crippen LogP contribution in [0.4, 0.5) is 4.39 Å². The van der Waals surface area contributed by atoms with Crippen LogP contribution in [0.15, 0.2) is 48.5 Å². The van der Waals surface area contributed by atoms with Crippen LogP contribution in [0.2, 0.25) is 0 Å². The standard InChI is InChI=1S/C20H22FNO3/c1-24-16-7-8-19(21)17(13-16)20(23)18(15-5-3-2-4-6-15)14-22-9-11-25-12-10-22/h2-8,13,18H,9-12,14H2,1H3. The Hall–Kier alpha value is -2.24. The third kappa shape index (κ3) is 4.24. The Morgan fingerprint density at radius 2 is 1.92 bits per heavy atom. The van der Waals surface area contributed by atoms with E-state index in [0.29, 0.717) is 25.5 Å². The first-order valence-electron chi connectivity index (χ1n) is 8.42. The van der Waals surface area contributed by atoms with Gasteiger partial charge in [-0.15, -0.1) is 0 Å². The molecule has 25 heavy (non-hydrogen) atoms. The molecule has 0 aromatic heterocycles. The number of rotatable bonds is 6. The highest BCUT2D eigenvalue weighted by Crippen LogP contribution is 2.26. The van der Waals surface area contributed by atoms with E-state index in [2.05, 4.69) is 4.90 Å². The Morgan fingerprint density at radius 1 is 1.20 bits per heavy atom. The highest BCUT2D eigenvalue weighted by atomic mass is 19.1. The zero-order valence-electron chi connectivity index (χ0n) is 14.3. The zero-order valence-corrected chi connectivity index (χ0v) is 14.3. The van der Waals surface area contributed by atoms with Crippen molar-refractivity contribution in [1.82, 2.24) is 4.90 Å². The van der Waals surface area contributed by atoms with Crippen molar-refractivity contribution in [1.29, 1.82) is 0 Å². The maximum Gasteiger partial charge on any atom is 0.174 e. The number of nitrogens with zero attached hydrogens (tertiary/aromatic N) is 1. The van der Waals surface area contributed by atoms with Crippen molar-refractivity contribution in [2.24, 2.45) is 0 Å². The molecule has 1 fully saturated rings. The molecule has 132 valence electrons. The van der Waals surface area contributed by atoms with Crippen LogP contribution < -0.4 is 4.74 Å². The fourth-order valence-corrected chi connectivity index (χ4v) is 3.07. The second-order valence-electron chi connectivity index (χ2n) is 6.09. The lowest BCUT2D eigenvalue weighted by molar-refractivity contribution is 0.0344. The van der Waals surface area contributed by atoms with E-state index in [1.807, 2.05) is 30.3 Å². The third-order valence-electron chi connectivity index (χ3n) is 4.50. The van der Waals surface area contributed by atoms with E-state index in [4.69, 9.17) is 9.47 Å². The summed E-state index contributed by atoms with van der Waals surface area (Å²) in [6, 6.07) is 13.8. The van der Waals surface area contributed by atoms with Gasteiger partial charge in [0.05, 0.1) is 31.8 Å². The number of halogens is 1. The van der Waals surface area contributed by atoms with Gasteiger partial charge in [0.25, 0.3) is 0 Å². The quantitative estimate of drug-likeness (QED) is 0.756. The molecule has 1 aliphatic heterocycles. The second-order valence-corrected chi connectivity index (χ2v) is 6.09. The molecule has 0 bridgehead atoms. The van der Waals surface area contributed by atoms with Crippen LogP contribution in [0.1, 0.15) is 21.8 Å². The van der Waals surface area contributed by atoms with Crippen LogP contribution in [-0.4, -0.2) is 50.6 Å². The van der Waals surface area contributed by atoms with E-state index >= 15 is 0 Å². The predicted octanol–water partition coefficient (Wildman–Crippen LogP) is 3.13. The predicted molar refractivity (Wildman–Crippen MR) is 93.7 cm³/mol. The van der Waals surface area contributed by atoms with Gasteiger partial charge in [0.2, 0.25) is 0 Å². The van der Waals surface area contributed by atoms with Crippen LogP contribution >= 0.6 is 0 Å². The molecular weight excluding hydrogens is 321 g/mol. The minimum Gasteiger partial charge on any atom is -0.497 e. The summed E-state index contributed by atoms with van der Waals surface area (Å²) in [5.41, 5.74) is 0.961. The summed E-state index contributed by atoms with van der Waals surface area (Å²) < 4.78 is 24.8. The van der Waals surface area contributed by atoms with Gasteiger partial charge in [-0.1, -0.05) is 30.3 Å². The first-order valence-corrected chi connectivity index (χ1v) is 8.42. The minimum absolute atomic E-state index is 0.0708. The third-order valence-corrected chi connectivity index (χ3v) is 4.50. The average molecular weight is 343 g/mol. The van der Waals surface area contributed by atoms with Gasteiger partial charge < -0.3 is 9.47 Å². The molecule has 2 aromatic carbocycles. The Balaban J connectivity index is 1.91. The number of hydrogen-bond donors (Lipinski definition) is 0. The number of carbonyl (C=O) groups excluding carboxylic acids is 1. The number of hydrogen-bond acceptors (Lipinski definition) is 4. The molecular formula is C20H22FNO3. The first-order chi connectivity index (χ1) is 12.2. The minimum atomic E-state index is -0.520. The number of carbonyl (C=O) groups is 1. The van der Waals surface area contributed by atoms with Crippen LogP contribution in [0.25, 0.3) is 0 Å². The van der Waals surface area contributed by atoms with E-state index in [1.165, 1.54) is 25.3 Å². The van der Waals surface area contributed by atoms with E-state index in [0.717, 1.165) is 18.7 Å². The molecule has 1 unspecified atom stereocenters. The molecule has 4 nitrogen and oxygen atoms in total. The molecule has 2 aromatic rings. The summed E-state index contributed by atoms with van der Waals surface area (Å²) in [5.74, 6) is -0.702. The normalized spacial score (nSPS) is 16.4. The summed E-state index contributed by atoms with van der Waals surface area (Å²) in [6.07, 6.45) is 0. The smallest absolute Gasteiger partial charge is 0.174 e. The van der Waals surface area contributed by atoms with Gasteiger partial charge in [-0.2, -0.15) is 0 Å². The Bertz CT molecular complexity index is 714. The summed E-state index contributed by atoms with van der Waals surface area (Å²) in [6.45, 7) is 3.41. The van der Waals surface area contributed by atoms with Crippen molar-refractivity contribution in [3.63, 3.8) is 0 Å². The van der Waals surface area contributed by atoms with Gasteiger partial charge in [-0.05, 0) is 23.8 Å². The van der Waals surface area contributed by atoms with Crippen LogP contribution in [-0.2, 0) is 4.74 Å². The Labute approximate surface area is 147 Å². The topological polar surface area (TPSA) is 38.8 Å². The maximum atomic E-state index is 14.3. The van der Waals surface area contributed by atoms with E-state index < -0.39 is 11.7 Å². The van der Waals surface area contributed by atoms with Gasteiger partial charge in [-0.3, -0.25) is 9.69 Å². The fourth-order valence-electron chi connectivity index (χ4n) is 3.07. The van der Waals surface area contributed by atoms with Gasteiger partial charge >= 0.3 is 0 Å². The molecule has 1 atom stereocenters. The molecule has 0 saturated carbocycles. The van der Waals surface area contributed by atoms with Gasteiger partial charge in [0, 0.05) is 19.6 Å². The lowest BCUT2D eigenvalue weighted by Crippen LogP contribution is -2.40. The molecule has 5 heteroatoms. The largest absolute Gasteiger partial charge is 0.497 e. The molecule has 0 radical (unpaired) electrons. The lowest BCUT2D eigenvalue weighted by atomic mass is 9.89. The number of ether oxygens (including phenoxy) is 2. The van der Waals surface area contributed by atoms with Crippen molar-refractivity contribution in [2.45, 2.75) is 5.92 Å². The molecule has 1 heterocycles. The molecule has 0 amide bonds. The maximum absolute atomic E-state index is 14.3. The summed E-state index contributed by atoms with van der Waals surface area (Å²) in [7, 11) is 1.50. The van der Waals surface area contributed by atoms with Crippen LogP contribution in [0.5, 0.6) is 5.75 Å². The number of Topliss-reactive ketones (excluding diaryl/α,β-unsaturated/α-hetero) is 1. The van der Waals surface area contributed by atoms with Crippen molar-refractivity contribution >= 4 is 5.78 Å². The molecule has 1 saturated heterocycles. The fraction of sp³-hybridized carbons (Fsp3) is 0.350. The second kappa shape index (κ2) is 8.23. The molecule has 1 aliphatic rings. The number of benzene rings is 2. The van der Waals surface area contributed by atoms with Gasteiger partial charge in [-0.25, -0.2) is 4.39 Å². The lowest BCUT2D eigenvalue weighted by Gasteiger charge is -2.30. The van der Waals surface area contributed by atoms with E-state index in [9.17, 15) is 9.18 Å². The number of ketones is 1. The summed E-state index contributed by atoms with van der Waals surface area (Å²) in [4.78, 5) is 15.3. The average Bonchev–Trinajstić information content (AvgIpc) is 2.67. The van der Waals surface area contributed by atoms with Crippen molar-refractivity contribution in [3.05, 3.63) is 65.5 Å². The van der Waals surface area contributed by atoms with Crippen molar-refractivity contribution in [2.75, 3.05) is 40.0 Å². The first kappa shape index (κ1) is 17.6. The molecule has 0 spiro atoms. The molecule has 0 N–H and O–H groups in total. The summed E-state index contributed by atoms with van der Waals surface area (Å²) >= 11 is 0. The van der Waals surface area contributed by atoms with Crippen molar-refractivity contribution in [3.8, 4) is 5.75 Å². The molecule has 0 aliphatic carbocycles. The zero-order chi connectivity index (χ0) is 17.6. The van der Waals surface area contributed by atoms with Gasteiger partial charge in [0.1, 0.15) is 11.6 Å². The van der Waals surface area contributed by atoms with Crippen LogP contribution in [0.3, 0.4) is 0 Å². The van der Waals surface area contributed by atoms with Gasteiger partial charge in [0.15, 0.2) is 5.78 Å². The highest BCUT2D eigenvalue weighted by molar-refractivity contribution is 6.01. The van der Waals surface area contributed by atoms with E-state index in [1.54, 1.807) is 0 Å². The SMILES string of the molecule is COc1ccc(F)c(C(=O)C(CN2CCOCC2)c2ccccc2)c1.